The van der Waals surface area contributed by atoms with Crippen molar-refractivity contribution in [1.29, 1.82) is 0 Å². The number of ether oxygens (including phenoxy) is 1. The minimum absolute atomic E-state index is 0.0151. The monoisotopic (exact) mass is 244 g/mol. The number of para-hydroxylation sites is 1. The average molecular weight is 244 g/mol. The Morgan fingerprint density at radius 3 is 2.59 bits per heavy atom. The van der Waals surface area contributed by atoms with Gasteiger partial charge in [0.15, 0.2) is 5.78 Å². The Morgan fingerprint density at radius 2 is 1.94 bits per heavy atom. The molecule has 0 unspecified atom stereocenters. The third-order valence-corrected chi connectivity index (χ3v) is 2.47. The molecule has 1 aromatic rings. The molecule has 0 fully saturated rings. The molecule has 1 aliphatic heterocycles. The topological polar surface area (TPSA) is 43.4 Å². The first kappa shape index (κ1) is 11.6. The molecule has 0 bridgehead atoms. The van der Waals surface area contributed by atoms with Crippen LogP contribution in [-0.2, 0) is 4.79 Å². The van der Waals surface area contributed by atoms with Gasteiger partial charge in [-0.15, -0.1) is 0 Å². The standard InChI is InChI=1S/C11H7F3O3/c12-11(13,14)10(16)7-5-17-8-4-2-1-3-6(8)9(7)15/h1-4,7H,5H2/t7-/m1/s1. The number of benzene rings is 1. The molecule has 1 aromatic carbocycles. The second-order valence-corrected chi connectivity index (χ2v) is 3.59. The van der Waals surface area contributed by atoms with Gasteiger partial charge in [0, 0.05) is 0 Å². The van der Waals surface area contributed by atoms with E-state index in [0.717, 1.165) is 0 Å². The van der Waals surface area contributed by atoms with E-state index in [1.165, 1.54) is 18.2 Å². The van der Waals surface area contributed by atoms with Crippen LogP contribution in [0.4, 0.5) is 13.2 Å². The minimum Gasteiger partial charge on any atom is -0.492 e. The lowest BCUT2D eigenvalue weighted by Gasteiger charge is -2.23. The van der Waals surface area contributed by atoms with Gasteiger partial charge in [0.1, 0.15) is 18.3 Å². The zero-order valence-electron chi connectivity index (χ0n) is 8.45. The molecule has 1 atom stereocenters. The number of hydrogen-bond acceptors (Lipinski definition) is 3. The van der Waals surface area contributed by atoms with E-state index < -0.39 is 30.3 Å². The lowest BCUT2D eigenvalue weighted by atomic mass is 9.91. The number of carbonyl (C=O) groups is 2. The van der Waals surface area contributed by atoms with Gasteiger partial charge in [0.25, 0.3) is 5.78 Å². The number of alkyl halides is 3. The van der Waals surface area contributed by atoms with E-state index in [4.69, 9.17) is 4.74 Å². The fraction of sp³-hybridized carbons (Fsp3) is 0.273. The van der Waals surface area contributed by atoms with Crippen LogP contribution in [0, 0.1) is 5.92 Å². The lowest BCUT2D eigenvalue weighted by Crippen LogP contribution is -2.41. The molecular weight excluding hydrogens is 237 g/mol. The molecule has 0 aliphatic carbocycles. The zero-order chi connectivity index (χ0) is 12.6. The highest BCUT2D eigenvalue weighted by Gasteiger charge is 2.48. The summed E-state index contributed by atoms with van der Waals surface area (Å²) in [6.45, 7) is -0.561. The Balaban J connectivity index is 2.33. The van der Waals surface area contributed by atoms with Crippen molar-refractivity contribution in [1.82, 2.24) is 0 Å². The van der Waals surface area contributed by atoms with Crippen molar-refractivity contribution in [3.63, 3.8) is 0 Å². The van der Waals surface area contributed by atoms with Crippen LogP contribution in [0.25, 0.3) is 0 Å². The van der Waals surface area contributed by atoms with Gasteiger partial charge in [0.2, 0.25) is 0 Å². The van der Waals surface area contributed by atoms with Crippen LogP contribution in [0.5, 0.6) is 5.75 Å². The van der Waals surface area contributed by atoms with E-state index in [1.54, 1.807) is 6.07 Å². The van der Waals surface area contributed by atoms with Crippen LogP contribution in [0.2, 0.25) is 0 Å². The first-order valence-electron chi connectivity index (χ1n) is 4.78. The van der Waals surface area contributed by atoms with Crippen molar-refractivity contribution in [2.75, 3.05) is 6.61 Å². The van der Waals surface area contributed by atoms with Gasteiger partial charge in [-0.05, 0) is 12.1 Å². The molecule has 6 heteroatoms. The normalized spacial score (nSPS) is 19.5. The highest BCUT2D eigenvalue weighted by molar-refractivity contribution is 6.14. The van der Waals surface area contributed by atoms with Crippen LogP contribution in [0.15, 0.2) is 24.3 Å². The van der Waals surface area contributed by atoms with Crippen molar-refractivity contribution in [2.24, 2.45) is 5.92 Å². The molecule has 0 aromatic heterocycles. The summed E-state index contributed by atoms with van der Waals surface area (Å²) >= 11 is 0. The fourth-order valence-electron chi connectivity index (χ4n) is 1.62. The number of fused-ring (bicyclic) bond motifs is 1. The summed E-state index contributed by atoms with van der Waals surface area (Å²) in [5, 5.41) is 0. The quantitative estimate of drug-likeness (QED) is 0.710. The molecular formula is C11H7F3O3. The number of Topliss-reactive ketones (excluding diaryl/α,β-unsaturated/α-hetero) is 2. The third kappa shape index (κ3) is 2.02. The van der Waals surface area contributed by atoms with Crippen LogP contribution in [0.3, 0.4) is 0 Å². The van der Waals surface area contributed by atoms with Crippen molar-refractivity contribution >= 4 is 11.6 Å². The summed E-state index contributed by atoms with van der Waals surface area (Å²) in [5.41, 5.74) is 0.0151. The molecule has 0 saturated carbocycles. The summed E-state index contributed by atoms with van der Waals surface area (Å²) in [6, 6.07) is 5.91. The summed E-state index contributed by atoms with van der Waals surface area (Å²) in [5.74, 6) is -4.47. The largest absolute Gasteiger partial charge is 0.492 e. The van der Waals surface area contributed by atoms with E-state index in [-0.39, 0.29) is 11.3 Å². The molecule has 0 saturated heterocycles. The molecule has 0 amide bonds. The number of rotatable bonds is 1. The third-order valence-electron chi connectivity index (χ3n) is 2.47. The predicted molar refractivity (Wildman–Crippen MR) is 50.8 cm³/mol. The van der Waals surface area contributed by atoms with Crippen molar-refractivity contribution in [2.45, 2.75) is 6.18 Å². The SMILES string of the molecule is O=C1c2ccccc2OC[C@H]1C(=O)C(F)(F)F. The molecule has 17 heavy (non-hydrogen) atoms. The van der Waals surface area contributed by atoms with Gasteiger partial charge >= 0.3 is 6.18 Å². The van der Waals surface area contributed by atoms with Gasteiger partial charge in [-0.3, -0.25) is 9.59 Å². The molecule has 1 aliphatic rings. The highest BCUT2D eigenvalue weighted by atomic mass is 19.4. The van der Waals surface area contributed by atoms with E-state index in [2.05, 4.69) is 0 Å². The molecule has 0 N–H and O–H groups in total. The Labute approximate surface area is 94.2 Å². The number of ketones is 2. The molecule has 3 nitrogen and oxygen atoms in total. The number of carbonyl (C=O) groups excluding carboxylic acids is 2. The van der Waals surface area contributed by atoms with Crippen LogP contribution in [-0.4, -0.2) is 24.3 Å². The van der Waals surface area contributed by atoms with Crippen molar-refractivity contribution in [3.05, 3.63) is 29.8 Å². The summed E-state index contributed by atoms with van der Waals surface area (Å²) in [4.78, 5) is 22.7. The lowest BCUT2D eigenvalue weighted by molar-refractivity contribution is -0.174. The van der Waals surface area contributed by atoms with E-state index in [0.29, 0.717) is 0 Å². The van der Waals surface area contributed by atoms with Gasteiger partial charge in [-0.2, -0.15) is 13.2 Å². The molecule has 1 heterocycles. The number of halogens is 3. The van der Waals surface area contributed by atoms with Gasteiger partial charge in [-0.25, -0.2) is 0 Å². The Hall–Kier alpha value is -1.85. The van der Waals surface area contributed by atoms with E-state index in [1.807, 2.05) is 0 Å². The Morgan fingerprint density at radius 1 is 1.29 bits per heavy atom. The minimum atomic E-state index is -5.02. The fourth-order valence-corrected chi connectivity index (χ4v) is 1.62. The zero-order valence-corrected chi connectivity index (χ0v) is 8.45. The Bertz CT molecular complexity index is 479. The Kier molecular flexibility index (Phi) is 2.65. The molecule has 2 rings (SSSR count). The molecule has 0 radical (unpaired) electrons. The maximum Gasteiger partial charge on any atom is 0.450 e. The summed E-state index contributed by atoms with van der Waals surface area (Å²) < 4.78 is 41.7. The van der Waals surface area contributed by atoms with Gasteiger partial charge < -0.3 is 4.74 Å². The van der Waals surface area contributed by atoms with Crippen LogP contribution >= 0.6 is 0 Å². The maximum atomic E-state index is 12.2. The molecule has 0 spiro atoms. The van der Waals surface area contributed by atoms with E-state index >= 15 is 0 Å². The maximum absolute atomic E-state index is 12.2. The molecule has 90 valence electrons. The van der Waals surface area contributed by atoms with Crippen molar-refractivity contribution < 1.29 is 27.5 Å². The van der Waals surface area contributed by atoms with E-state index in [9.17, 15) is 22.8 Å². The van der Waals surface area contributed by atoms with Gasteiger partial charge in [-0.1, -0.05) is 12.1 Å². The second-order valence-electron chi connectivity index (χ2n) is 3.59. The van der Waals surface area contributed by atoms with Crippen molar-refractivity contribution in [3.8, 4) is 5.75 Å². The van der Waals surface area contributed by atoms with Crippen LogP contribution < -0.4 is 4.74 Å². The second kappa shape index (κ2) is 3.87. The van der Waals surface area contributed by atoms with Gasteiger partial charge in [0.05, 0.1) is 5.56 Å². The summed E-state index contributed by atoms with van der Waals surface area (Å²) in [6.07, 6.45) is -5.02. The first-order chi connectivity index (χ1) is 7.91. The summed E-state index contributed by atoms with van der Waals surface area (Å²) in [7, 11) is 0. The average Bonchev–Trinajstić information content (AvgIpc) is 2.28. The smallest absolute Gasteiger partial charge is 0.450 e. The predicted octanol–water partition coefficient (Wildman–Crippen LogP) is 2.01. The highest BCUT2D eigenvalue weighted by Crippen LogP contribution is 2.31. The van der Waals surface area contributed by atoms with Crippen LogP contribution in [0.1, 0.15) is 10.4 Å². The number of hydrogen-bond donors (Lipinski definition) is 0. The first-order valence-corrected chi connectivity index (χ1v) is 4.78.